The van der Waals surface area contributed by atoms with Crippen LogP contribution in [0, 0.1) is 5.92 Å². The average Bonchev–Trinajstić information content (AvgIpc) is 2.66. The number of carbonyl (C=O) groups excluding carboxylic acids is 2. The summed E-state index contributed by atoms with van der Waals surface area (Å²) in [4.78, 5) is 36.2. The second-order valence-electron chi connectivity index (χ2n) is 6.81. The molecule has 0 saturated heterocycles. The van der Waals surface area contributed by atoms with Gasteiger partial charge in [-0.15, -0.1) is 0 Å². The summed E-state index contributed by atoms with van der Waals surface area (Å²) in [6.07, 6.45) is -1.84. The SMILES string of the molecule is CC(C)C(=O)Cc1nccc(C(=O)NC(C)c2cnc(OCC(F)(F)F)c(Cl)c2)n1. The van der Waals surface area contributed by atoms with Crippen LogP contribution in [-0.4, -0.2) is 39.4 Å². The molecule has 0 bridgehead atoms. The predicted octanol–water partition coefficient (Wildman–Crippen LogP) is 3.72. The van der Waals surface area contributed by atoms with Gasteiger partial charge >= 0.3 is 6.18 Å². The van der Waals surface area contributed by atoms with Gasteiger partial charge in [0.25, 0.3) is 5.91 Å². The number of hydrogen-bond donors (Lipinski definition) is 1. The van der Waals surface area contributed by atoms with Crippen molar-refractivity contribution in [3.8, 4) is 5.88 Å². The summed E-state index contributed by atoms with van der Waals surface area (Å²) in [5, 5.41) is 2.57. The Morgan fingerprint density at radius 1 is 1.23 bits per heavy atom. The summed E-state index contributed by atoms with van der Waals surface area (Å²) in [7, 11) is 0. The van der Waals surface area contributed by atoms with Crippen molar-refractivity contribution < 1.29 is 27.5 Å². The van der Waals surface area contributed by atoms with E-state index < -0.39 is 24.7 Å². The first-order valence-corrected chi connectivity index (χ1v) is 9.34. The topological polar surface area (TPSA) is 94.1 Å². The number of carbonyl (C=O) groups is 2. The molecule has 0 aromatic carbocycles. The Bertz CT molecular complexity index is 922. The van der Waals surface area contributed by atoms with Crippen molar-refractivity contribution in [3.05, 3.63) is 46.6 Å². The third-order valence-electron chi connectivity index (χ3n) is 3.96. The molecule has 0 saturated carbocycles. The average molecular weight is 445 g/mol. The predicted molar refractivity (Wildman–Crippen MR) is 102 cm³/mol. The van der Waals surface area contributed by atoms with Crippen molar-refractivity contribution in [3.63, 3.8) is 0 Å². The van der Waals surface area contributed by atoms with Gasteiger partial charge < -0.3 is 10.1 Å². The van der Waals surface area contributed by atoms with Crippen molar-refractivity contribution in [2.45, 2.75) is 39.4 Å². The van der Waals surface area contributed by atoms with Gasteiger partial charge in [-0.3, -0.25) is 9.59 Å². The van der Waals surface area contributed by atoms with Crippen LogP contribution in [0.4, 0.5) is 13.2 Å². The molecule has 1 unspecified atom stereocenters. The number of Topliss-reactive ketones (excluding diaryl/α,β-unsaturated/α-hetero) is 1. The summed E-state index contributed by atoms with van der Waals surface area (Å²) in [6, 6.07) is 2.19. The number of nitrogens with one attached hydrogen (secondary N) is 1. The summed E-state index contributed by atoms with van der Waals surface area (Å²) < 4.78 is 41.3. The van der Waals surface area contributed by atoms with Crippen molar-refractivity contribution >= 4 is 23.3 Å². The molecule has 0 fully saturated rings. The van der Waals surface area contributed by atoms with E-state index in [1.54, 1.807) is 20.8 Å². The van der Waals surface area contributed by atoms with E-state index >= 15 is 0 Å². The number of ketones is 1. The van der Waals surface area contributed by atoms with Crippen molar-refractivity contribution in [2.24, 2.45) is 5.92 Å². The molecule has 7 nitrogen and oxygen atoms in total. The van der Waals surface area contributed by atoms with Crippen LogP contribution in [-0.2, 0) is 11.2 Å². The highest BCUT2D eigenvalue weighted by atomic mass is 35.5. The minimum Gasteiger partial charge on any atom is -0.467 e. The van der Waals surface area contributed by atoms with E-state index in [0.717, 1.165) is 0 Å². The molecule has 0 aliphatic heterocycles. The first kappa shape index (κ1) is 23.5. The summed E-state index contributed by atoms with van der Waals surface area (Å²) in [5.41, 5.74) is 0.532. The Balaban J connectivity index is 2.05. The van der Waals surface area contributed by atoms with E-state index in [9.17, 15) is 22.8 Å². The van der Waals surface area contributed by atoms with Crippen molar-refractivity contribution in [2.75, 3.05) is 6.61 Å². The minimum atomic E-state index is -4.51. The summed E-state index contributed by atoms with van der Waals surface area (Å²) in [6.45, 7) is 3.66. The van der Waals surface area contributed by atoms with E-state index in [2.05, 4.69) is 25.0 Å². The Morgan fingerprint density at radius 2 is 1.93 bits per heavy atom. The van der Waals surface area contributed by atoms with Gasteiger partial charge in [-0.2, -0.15) is 13.2 Å². The molecule has 0 aliphatic carbocycles. The van der Waals surface area contributed by atoms with Crippen LogP contribution in [0.25, 0.3) is 0 Å². The lowest BCUT2D eigenvalue weighted by atomic mass is 10.1. The largest absolute Gasteiger partial charge is 0.467 e. The second kappa shape index (κ2) is 9.84. The molecule has 2 heterocycles. The summed E-state index contributed by atoms with van der Waals surface area (Å²) >= 11 is 5.93. The molecular formula is C19H20ClF3N4O3. The van der Waals surface area contributed by atoms with E-state index in [1.165, 1.54) is 24.5 Å². The van der Waals surface area contributed by atoms with Crippen LogP contribution >= 0.6 is 11.6 Å². The fourth-order valence-corrected chi connectivity index (χ4v) is 2.49. The maximum Gasteiger partial charge on any atom is 0.422 e. The molecule has 2 aromatic heterocycles. The molecule has 0 radical (unpaired) electrons. The van der Waals surface area contributed by atoms with Gasteiger partial charge in [0.05, 0.1) is 12.5 Å². The van der Waals surface area contributed by atoms with E-state index in [-0.39, 0.29) is 40.5 Å². The molecule has 2 rings (SSSR count). The zero-order valence-corrected chi connectivity index (χ0v) is 17.2. The molecule has 1 N–H and O–H groups in total. The Hall–Kier alpha value is -2.75. The number of ether oxygens (including phenoxy) is 1. The van der Waals surface area contributed by atoms with Gasteiger partial charge in [-0.25, -0.2) is 15.0 Å². The van der Waals surface area contributed by atoms with E-state index in [0.29, 0.717) is 5.56 Å². The molecule has 1 atom stereocenters. The van der Waals surface area contributed by atoms with Crippen LogP contribution in [0.1, 0.15) is 48.7 Å². The number of rotatable bonds is 8. The maximum atomic E-state index is 12.5. The number of alkyl halides is 3. The van der Waals surface area contributed by atoms with Gasteiger partial charge in [0.1, 0.15) is 22.3 Å². The number of nitrogens with zero attached hydrogens (tertiary/aromatic N) is 3. The number of halogens is 4. The standard InChI is InChI=1S/C19H20ClF3N4O3/c1-10(2)15(28)7-16-24-5-4-14(27-16)17(29)26-11(3)12-6-13(20)18(25-8-12)30-9-19(21,22)23/h4-6,8,10-11H,7,9H2,1-3H3,(H,26,29). The highest BCUT2D eigenvalue weighted by Crippen LogP contribution is 2.27. The highest BCUT2D eigenvalue weighted by Gasteiger charge is 2.29. The monoisotopic (exact) mass is 444 g/mol. The number of amides is 1. The molecule has 11 heteroatoms. The van der Waals surface area contributed by atoms with Crippen LogP contribution in [0.5, 0.6) is 5.88 Å². The first-order valence-electron chi connectivity index (χ1n) is 8.96. The first-order chi connectivity index (χ1) is 14.0. The molecule has 2 aromatic rings. The third kappa shape index (κ3) is 6.94. The molecule has 30 heavy (non-hydrogen) atoms. The van der Waals surface area contributed by atoms with Crippen molar-refractivity contribution in [1.82, 2.24) is 20.3 Å². The van der Waals surface area contributed by atoms with Crippen LogP contribution < -0.4 is 10.1 Å². The third-order valence-corrected chi connectivity index (χ3v) is 4.23. The Kier molecular flexibility index (Phi) is 7.71. The van der Waals surface area contributed by atoms with Gasteiger partial charge in [-0.05, 0) is 24.6 Å². The molecule has 0 spiro atoms. The van der Waals surface area contributed by atoms with E-state index in [1.807, 2.05) is 0 Å². The summed E-state index contributed by atoms with van der Waals surface area (Å²) in [5.74, 6) is -0.853. The number of pyridine rings is 1. The lowest BCUT2D eigenvalue weighted by Gasteiger charge is -2.16. The normalized spacial score (nSPS) is 12.5. The fourth-order valence-electron chi connectivity index (χ4n) is 2.26. The van der Waals surface area contributed by atoms with Gasteiger partial charge in [-0.1, -0.05) is 25.4 Å². The molecular weight excluding hydrogens is 425 g/mol. The molecule has 0 aliphatic rings. The Labute approximate surface area is 176 Å². The zero-order valence-electron chi connectivity index (χ0n) is 16.5. The zero-order chi connectivity index (χ0) is 22.5. The van der Waals surface area contributed by atoms with E-state index in [4.69, 9.17) is 11.6 Å². The van der Waals surface area contributed by atoms with Crippen LogP contribution in [0.15, 0.2) is 24.5 Å². The van der Waals surface area contributed by atoms with Gasteiger partial charge in [0, 0.05) is 18.3 Å². The number of aromatic nitrogens is 3. The number of hydrogen-bond acceptors (Lipinski definition) is 6. The van der Waals surface area contributed by atoms with Gasteiger partial charge in [0.2, 0.25) is 5.88 Å². The lowest BCUT2D eigenvalue weighted by molar-refractivity contribution is -0.154. The van der Waals surface area contributed by atoms with Gasteiger partial charge in [0.15, 0.2) is 6.61 Å². The quantitative estimate of drug-likeness (QED) is 0.666. The highest BCUT2D eigenvalue weighted by molar-refractivity contribution is 6.31. The Morgan fingerprint density at radius 3 is 2.53 bits per heavy atom. The van der Waals surface area contributed by atoms with Crippen molar-refractivity contribution in [1.29, 1.82) is 0 Å². The lowest BCUT2D eigenvalue weighted by Crippen LogP contribution is -2.28. The smallest absolute Gasteiger partial charge is 0.422 e. The fraction of sp³-hybridized carbons (Fsp3) is 0.421. The maximum absolute atomic E-state index is 12.5. The van der Waals surface area contributed by atoms with Crippen LogP contribution in [0.3, 0.4) is 0 Å². The van der Waals surface area contributed by atoms with Crippen LogP contribution in [0.2, 0.25) is 5.02 Å². The second-order valence-corrected chi connectivity index (χ2v) is 7.22. The molecule has 1 amide bonds. The molecule has 162 valence electrons. The minimum absolute atomic E-state index is 0.0211.